The lowest BCUT2D eigenvalue weighted by molar-refractivity contribution is 1.35. The summed E-state index contributed by atoms with van der Waals surface area (Å²) in [5.41, 5.74) is 5.01. The molecular weight excluding hydrogens is 264 g/mol. The molecule has 0 saturated carbocycles. The highest BCUT2D eigenvalue weighted by Gasteiger charge is 1.88. The lowest BCUT2D eigenvalue weighted by atomic mass is 10.2. The van der Waals surface area contributed by atoms with Gasteiger partial charge >= 0.3 is 0 Å². The molecule has 2 nitrogen and oxygen atoms in total. The number of rotatable bonds is 3. The van der Waals surface area contributed by atoms with Crippen LogP contribution in [0.3, 0.4) is 0 Å². The van der Waals surface area contributed by atoms with Crippen LogP contribution in [0.15, 0.2) is 64.2 Å². The molecule has 0 aliphatic rings. The van der Waals surface area contributed by atoms with Crippen molar-refractivity contribution < 1.29 is 0 Å². The lowest BCUT2D eigenvalue weighted by Crippen LogP contribution is -1.89. The average Bonchev–Trinajstić information content (AvgIpc) is 2.33. The standard InChI is InChI=1S/C13H11BrN2/c14-12-8-6-11(7-9-12)10-15-16-13-4-2-1-3-5-13/h1-10,16H. The van der Waals surface area contributed by atoms with E-state index in [-0.39, 0.29) is 0 Å². The SMILES string of the molecule is Brc1ccc(C=NNc2ccccc2)cc1. The van der Waals surface area contributed by atoms with Crippen molar-refractivity contribution in [2.24, 2.45) is 5.10 Å². The molecule has 2 aromatic carbocycles. The molecule has 0 spiro atoms. The van der Waals surface area contributed by atoms with Crippen LogP contribution in [0.25, 0.3) is 0 Å². The Labute approximate surface area is 103 Å². The van der Waals surface area contributed by atoms with E-state index < -0.39 is 0 Å². The molecule has 0 bridgehead atoms. The maximum atomic E-state index is 4.15. The van der Waals surface area contributed by atoms with E-state index in [0.29, 0.717) is 0 Å². The van der Waals surface area contributed by atoms with Crippen LogP contribution in [0.4, 0.5) is 5.69 Å². The maximum Gasteiger partial charge on any atom is 0.0561 e. The van der Waals surface area contributed by atoms with Gasteiger partial charge in [-0.05, 0) is 29.8 Å². The molecule has 0 saturated heterocycles. The van der Waals surface area contributed by atoms with E-state index in [0.717, 1.165) is 15.7 Å². The topological polar surface area (TPSA) is 24.4 Å². The van der Waals surface area contributed by atoms with Crippen molar-refractivity contribution in [2.75, 3.05) is 5.43 Å². The van der Waals surface area contributed by atoms with Gasteiger partial charge in [0.1, 0.15) is 0 Å². The predicted octanol–water partition coefficient (Wildman–Crippen LogP) is 3.90. The fraction of sp³-hybridized carbons (Fsp3) is 0. The number of hydrogen-bond donors (Lipinski definition) is 1. The second-order valence-electron chi connectivity index (χ2n) is 3.29. The highest BCUT2D eigenvalue weighted by atomic mass is 79.9. The normalized spacial score (nSPS) is 10.6. The third kappa shape index (κ3) is 3.21. The van der Waals surface area contributed by atoms with Crippen molar-refractivity contribution in [1.29, 1.82) is 0 Å². The molecule has 3 heteroatoms. The van der Waals surface area contributed by atoms with E-state index in [1.54, 1.807) is 6.21 Å². The zero-order valence-electron chi connectivity index (χ0n) is 8.60. The molecule has 16 heavy (non-hydrogen) atoms. The summed E-state index contributed by atoms with van der Waals surface area (Å²) >= 11 is 3.39. The summed E-state index contributed by atoms with van der Waals surface area (Å²) in [5, 5.41) is 4.15. The lowest BCUT2D eigenvalue weighted by Gasteiger charge is -1.98. The van der Waals surface area contributed by atoms with Gasteiger partial charge in [0.25, 0.3) is 0 Å². The molecule has 0 unspecified atom stereocenters. The Morgan fingerprint density at radius 3 is 2.31 bits per heavy atom. The summed E-state index contributed by atoms with van der Waals surface area (Å²) in [4.78, 5) is 0. The molecule has 0 heterocycles. The molecule has 80 valence electrons. The minimum Gasteiger partial charge on any atom is -0.279 e. The number of halogens is 1. The third-order valence-electron chi connectivity index (χ3n) is 2.05. The van der Waals surface area contributed by atoms with E-state index in [4.69, 9.17) is 0 Å². The smallest absolute Gasteiger partial charge is 0.0561 e. The van der Waals surface area contributed by atoms with Gasteiger partial charge in [0.15, 0.2) is 0 Å². The molecular formula is C13H11BrN2. The van der Waals surface area contributed by atoms with Crippen LogP contribution < -0.4 is 5.43 Å². The van der Waals surface area contributed by atoms with Crippen molar-refractivity contribution in [1.82, 2.24) is 0 Å². The summed E-state index contributed by atoms with van der Waals surface area (Å²) in [6, 6.07) is 17.8. The van der Waals surface area contributed by atoms with Gasteiger partial charge in [0, 0.05) is 4.47 Å². The number of hydrogen-bond acceptors (Lipinski definition) is 2. The fourth-order valence-electron chi connectivity index (χ4n) is 1.24. The van der Waals surface area contributed by atoms with E-state index in [9.17, 15) is 0 Å². The van der Waals surface area contributed by atoms with Gasteiger partial charge in [-0.1, -0.05) is 46.3 Å². The zero-order valence-corrected chi connectivity index (χ0v) is 10.2. The Bertz CT molecular complexity index is 463. The average molecular weight is 275 g/mol. The molecule has 0 radical (unpaired) electrons. The van der Waals surface area contributed by atoms with E-state index in [1.165, 1.54) is 0 Å². The molecule has 1 N–H and O–H groups in total. The van der Waals surface area contributed by atoms with Crippen LogP contribution in [0.5, 0.6) is 0 Å². The highest BCUT2D eigenvalue weighted by Crippen LogP contribution is 2.09. The number of nitrogens with zero attached hydrogens (tertiary/aromatic N) is 1. The molecule has 2 aromatic rings. The number of nitrogens with one attached hydrogen (secondary N) is 1. The second-order valence-corrected chi connectivity index (χ2v) is 4.20. The van der Waals surface area contributed by atoms with Crippen molar-refractivity contribution in [3.8, 4) is 0 Å². The molecule has 0 atom stereocenters. The highest BCUT2D eigenvalue weighted by molar-refractivity contribution is 9.10. The van der Waals surface area contributed by atoms with E-state index in [1.807, 2.05) is 54.6 Å². The van der Waals surface area contributed by atoms with Gasteiger partial charge in [-0.2, -0.15) is 5.10 Å². The Morgan fingerprint density at radius 1 is 0.938 bits per heavy atom. The third-order valence-corrected chi connectivity index (χ3v) is 2.58. The Kier molecular flexibility index (Phi) is 3.72. The predicted molar refractivity (Wildman–Crippen MR) is 71.8 cm³/mol. The molecule has 0 aliphatic carbocycles. The Balaban J connectivity index is 1.98. The summed E-state index contributed by atoms with van der Waals surface area (Å²) in [6.07, 6.45) is 1.79. The summed E-state index contributed by atoms with van der Waals surface area (Å²) in [5.74, 6) is 0. The Morgan fingerprint density at radius 2 is 1.62 bits per heavy atom. The largest absolute Gasteiger partial charge is 0.279 e. The molecule has 0 amide bonds. The first-order valence-electron chi connectivity index (χ1n) is 4.94. The number of benzene rings is 2. The number of para-hydroxylation sites is 1. The van der Waals surface area contributed by atoms with E-state index >= 15 is 0 Å². The number of hydrazone groups is 1. The first-order chi connectivity index (χ1) is 7.84. The van der Waals surface area contributed by atoms with Gasteiger partial charge in [0.05, 0.1) is 11.9 Å². The van der Waals surface area contributed by atoms with Crippen LogP contribution in [0, 0.1) is 0 Å². The molecule has 0 aliphatic heterocycles. The minimum absolute atomic E-state index is 0.982. The van der Waals surface area contributed by atoms with Crippen molar-refractivity contribution in [2.45, 2.75) is 0 Å². The van der Waals surface area contributed by atoms with Crippen molar-refractivity contribution >= 4 is 27.8 Å². The van der Waals surface area contributed by atoms with E-state index in [2.05, 4.69) is 26.5 Å². The summed E-state index contributed by atoms with van der Waals surface area (Å²) in [6.45, 7) is 0. The minimum atomic E-state index is 0.982. The first kappa shape index (κ1) is 10.9. The summed E-state index contributed by atoms with van der Waals surface area (Å²) < 4.78 is 1.07. The summed E-state index contributed by atoms with van der Waals surface area (Å²) in [7, 11) is 0. The monoisotopic (exact) mass is 274 g/mol. The van der Waals surface area contributed by atoms with Crippen molar-refractivity contribution in [3.05, 3.63) is 64.6 Å². The number of anilines is 1. The first-order valence-corrected chi connectivity index (χ1v) is 5.73. The second kappa shape index (κ2) is 5.47. The fourth-order valence-corrected chi connectivity index (χ4v) is 1.51. The van der Waals surface area contributed by atoms with Gasteiger partial charge in [-0.25, -0.2) is 0 Å². The maximum absolute atomic E-state index is 4.15. The van der Waals surface area contributed by atoms with Crippen molar-refractivity contribution in [3.63, 3.8) is 0 Å². The van der Waals surface area contributed by atoms with Gasteiger partial charge < -0.3 is 0 Å². The van der Waals surface area contributed by atoms with Crippen LogP contribution in [0.1, 0.15) is 5.56 Å². The van der Waals surface area contributed by atoms with Crippen LogP contribution in [0.2, 0.25) is 0 Å². The zero-order chi connectivity index (χ0) is 11.2. The van der Waals surface area contributed by atoms with Crippen LogP contribution in [-0.4, -0.2) is 6.21 Å². The van der Waals surface area contributed by atoms with Gasteiger partial charge in [0.2, 0.25) is 0 Å². The van der Waals surface area contributed by atoms with Crippen LogP contribution >= 0.6 is 15.9 Å². The molecule has 0 aromatic heterocycles. The van der Waals surface area contributed by atoms with Gasteiger partial charge in [-0.3, -0.25) is 5.43 Å². The van der Waals surface area contributed by atoms with Gasteiger partial charge in [-0.15, -0.1) is 0 Å². The molecule has 0 fully saturated rings. The quantitative estimate of drug-likeness (QED) is 0.667. The molecule has 2 rings (SSSR count). The Hall–Kier alpha value is -1.61. The van der Waals surface area contributed by atoms with Crippen LogP contribution in [-0.2, 0) is 0 Å².